The third-order valence-corrected chi connectivity index (χ3v) is 4.25. The van der Waals surface area contributed by atoms with Crippen molar-refractivity contribution in [1.29, 1.82) is 0 Å². The SMILES string of the molecule is CC(=O)N1C2CNC(=O)C1C(C)(C)S2. The molecule has 2 atom stereocenters. The molecule has 0 saturated carbocycles. The number of rotatable bonds is 0. The van der Waals surface area contributed by atoms with E-state index < -0.39 is 0 Å². The van der Waals surface area contributed by atoms with E-state index in [2.05, 4.69) is 5.32 Å². The Morgan fingerprint density at radius 1 is 1.64 bits per heavy atom. The summed E-state index contributed by atoms with van der Waals surface area (Å²) >= 11 is 1.70. The second kappa shape index (κ2) is 2.89. The van der Waals surface area contributed by atoms with E-state index in [0.29, 0.717) is 6.54 Å². The van der Waals surface area contributed by atoms with E-state index in [1.165, 1.54) is 6.92 Å². The fourth-order valence-corrected chi connectivity index (χ4v) is 3.83. The molecule has 2 rings (SSSR count). The number of nitrogens with one attached hydrogen (secondary N) is 1. The lowest BCUT2D eigenvalue weighted by Gasteiger charge is -2.34. The Labute approximate surface area is 87.4 Å². The minimum absolute atomic E-state index is 0.00655. The first kappa shape index (κ1) is 9.83. The van der Waals surface area contributed by atoms with Gasteiger partial charge in [0.25, 0.3) is 0 Å². The molecule has 2 bridgehead atoms. The summed E-state index contributed by atoms with van der Waals surface area (Å²) in [6.45, 7) is 6.13. The molecule has 0 aromatic rings. The summed E-state index contributed by atoms with van der Waals surface area (Å²) in [5.41, 5.74) is 0. The van der Waals surface area contributed by atoms with Gasteiger partial charge in [-0.2, -0.15) is 0 Å². The van der Waals surface area contributed by atoms with Crippen molar-refractivity contribution in [2.45, 2.75) is 36.9 Å². The molecule has 0 aromatic carbocycles. The maximum absolute atomic E-state index is 11.7. The molecule has 2 fully saturated rings. The van der Waals surface area contributed by atoms with Crippen LogP contribution in [0.25, 0.3) is 0 Å². The first-order valence-corrected chi connectivity index (χ1v) is 5.56. The maximum Gasteiger partial charge on any atom is 0.244 e. The lowest BCUT2D eigenvalue weighted by molar-refractivity contribution is -0.142. The van der Waals surface area contributed by atoms with E-state index in [0.717, 1.165) is 0 Å². The number of hydrogen-bond donors (Lipinski definition) is 1. The van der Waals surface area contributed by atoms with Gasteiger partial charge in [-0.15, -0.1) is 11.8 Å². The molecular formula is C9H14N2O2S. The molecule has 2 saturated heterocycles. The number of thioether (sulfide) groups is 1. The zero-order chi connectivity index (χ0) is 10.5. The molecule has 5 heteroatoms. The second-order valence-corrected chi connectivity index (χ2v) is 6.08. The van der Waals surface area contributed by atoms with Crippen LogP contribution in [-0.2, 0) is 9.59 Å². The Bertz CT molecular complexity index is 303. The van der Waals surface area contributed by atoms with E-state index in [4.69, 9.17) is 0 Å². The lowest BCUT2D eigenvalue weighted by Crippen LogP contribution is -2.60. The maximum atomic E-state index is 11.7. The fourth-order valence-electron chi connectivity index (χ4n) is 2.22. The summed E-state index contributed by atoms with van der Waals surface area (Å²) < 4.78 is -0.170. The quantitative estimate of drug-likeness (QED) is 0.626. The van der Waals surface area contributed by atoms with E-state index in [-0.39, 0.29) is 28.0 Å². The van der Waals surface area contributed by atoms with Crippen LogP contribution in [0.15, 0.2) is 0 Å². The van der Waals surface area contributed by atoms with Gasteiger partial charge in [0.2, 0.25) is 11.8 Å². The molecule has 1 N–H and O–H groups in total. The van der Waals surface area contributed by atoms with E-state index in [9.17, 15) is 9.59 Å². The Morgan fingerprint density at radius 3 is 2.79 bits per heavy atom. The number of fused-ring (bicyclic) bond motifs is 2. The van der Waals surface area contributed by atoms with Gasteiger partial charge in [-0.1, -0.05) is 0 Å². The highest BCUT2D eigenvalue weighted by Gasteiger charge is 2.54. The van der Waals surface area contributed by atoms with Crippen molar-refractivity contribution < 1.29 is 9.59 Å². The molecule has 0 radical (unpaired) electrons. The Kier molecular flexibility index (Phi) is 2.03. The van der Waals surface area contributed by atoms with Crippen LogP contribution in [0.1, 0.15) is 20.8 Å². The molecular weight excluding hydrogens is 200 g/mol. The molecule has 2 amide bonds. The van der Waals surface area contributed by atoms with Crippen molar-refractivity contribution in [2.75, 3.05) is 6.54 Å². The molecule has 2 aliphatic heterocycles. The molecule has 0 aliphatic carbocycles. The monoisotopic (exact) mass is 214 g/mol. The lowest BCUT2D eigenvalue weighted by atomic mass is 9.99. The molecule has 0 spiro atoms. The van der Waals surface area contributed by atoms with Crippen LogP contribution < -0.4 is 5.32 Å². The van der Waals surface area contributed by atoms with Gasteiger partial charge in [-0.05, 0) is 13.8 Å². The van der Waals surface area contributed by atoms with Crippen LogP contribution in [-0.4, -0.2) is 39.4 Å². The Morgan fingerprint density at radius 2 is 2.29 bits per heavy atom. The topological polar surface area (TPSA) is 49.4 Å². The fraction of sp³-hybridized carbons (Fsp3) is 0.778. The number of amides is 2. The normalized spacial score (nSPS) is 34.2. The van der Waals surface area contributed by atoms with Crippen molar-refractivity contribution in [3.8, 4) is 0 Å². The van der Waals surface area contributed by atoms with Crippen LogP contribution in [0.4, 0.5) is 0 Å². The number of nitrogens with zero attached hydrogens (tertiary/aromatic N) is 1. The number of carbonyl (C=O) groups is 2. The van der Waals surface area contributed by atoms with E-state index in [1.54, 1.807) is 16.7 Å². The molecule has 2 heterocycles. The summed E-state index contributed by atoms with van der Waals surface area (Å²) in [6.07, 6.45) is 0. The van der Waals surface area contributed by atoms with Gasteiger partial charge in [0.1, 0.15) is 6.04 Å². The number of carbonyl (C=O) groups excluding carboxylic acids is 2. The summed E-state index contributed by atoms with van der Waals surface area (Å²) in [7, 11) is 0. The van der Waals surface area contributed by atoms with Gasteiger partial charge in [-0.3, -0.25) is 9.59 Å². The zero-order valence-corrected chi connectivity index (χ0v) is 9.35. The van der Waals surface area contributed by atoms with Gasteiger partial charge >= 0.3 is 0 Å². The second-order valence-electron chi connectivity index (χ2n) is 4.25. The first-order valence-electron chi connectivity index (χ1n) is 4.68. The van der Waals surface area contributed by atoms with Gasteiger partial charge in [0, 0.05) is 18.2 Å². The minimum Gasteiger partial charge on any atom is -0.351 e. The highest BCUT2D eigenvalue weighted by Crippen LogP contribution is 2.45. The van der Waals surface area contributed by atoms with Crippen LogP contribution in [0.5, 0.6) is 0 Å². The van der Waals surface area contributed by atoms with Crippen molar-refractivity contribution in [3.05, 3.63) is 0 Å². The van der Waals surface area contributed by atoms with Gasteiger partial charge < -0.3 is 10.2 Å². The van der Waals surface area contributed by atoms with Crippen molar-refractivity contribution in [1.82, 2.24) is 10.2 Å². The highest BCUT2D eigenvalue weighted by molar-refractivity contribution is 8.01. The molecule has 4 nitrogen and oxygen atoms in total. The molecule has 14 heavy (non-hydrogen) atoms. The average molecular weight is 214 g/mol. The average Bonchev–Trinajstić information content (AvgIpc) is 2.26. The smallest absolute Gasteiger partial charge is 0.244 e. The standard InChI is InChI=1S/C9H14N2O2S/c1-5(12)11-6-4-10-8(13)7(11)9(2,3)14-6/h6-7H,4H2,1-3H3,(H,10,13). The number of hydrogen-bond acceptors (Lipinski definition) is 3. The number of piperazine rings is 1. The van der Waals surface area contributed by atoms with Gasteiger partial charge in [0.15, 0.2) is 0 Å². The summed E-state index contributed by atoms with van der Waals surface area (Å²) in [5, 5.41) is 2.95. The molecule has 2 unspecified atom stereocenters. The highest BCUT2D eigenvalue weighted by atomic mass is 32.2. The summed E-state index contributed by atoms with van der Waals surface area (Å²) in [6, 6.07) is -0.302. The van der Waals surface area contributed by atoms with Crippen LogP contribution in [0, 0.1) is 0 Å². The zero-order valence-electron chi connectivity index (χ0n) is 8.53. The van der Waals surface area contributed by atoms with Crippen LogP contribution in [0.3, 0.4) is 0 Å². The Hall–Kier alpha value is -0.710. The predicted molar refractivity (Wildman–Crippen MR) is 54.8 cm³/mol. The van der Waals surface area contributed by atoms with Crippen molar-refractivity contribution in [3.63, 3.8) is 0 Å². The van der Waals surface area contributed by atoms with E-state index in [1.807, 2.05) is 13.8 Å². The van der Waals surface area contributed by atoms with Crippen molar-refractivity contribution in [2.24, 2.45) is 0 Å². The summed E-state index contributed by atoms with van der Waals surface area (Å²) in [4.78, 5) is 24.8. The molecule has 0 aromatic heterocycles. The van der Waals surface area contributed by atoms with E-state index >= 15 is 0 Å². The van der Waals surface area contributed by atoms with Crippen LogP contribution in [0.2, 0.25) is 0 Å². The predicted octanol–water partition coefficient (Wildman–Crippen LogP) is 0.185. The first-order chi connectivity index (χ1) is 6.43. The minimum atomic E-state index is -0.302. The third kappa shape index (κ3) is 1.22. The molecule has 2 aliphatic rings. The summed E-state index contributed by atoms with van der Waals surface area (Å²) in [5.74, 6) is -0.0284. The van der Waals surface area contributed by atoms with Crippen molar-refractivity contribution >= 4 is 23.6 Å². The largest absolute Gasteiger partial charge is 0.351 e. The van der Waals surface area contributed by atoms with Gasteiger partial charge in [0.05, 0.1) is 5.37 Å². The molecule has 78 valence electrons. The van der Waals surface area contributed by atoms with Gasteiger partial charge in [-0.25, -0.2) is 0 Å². The van der Waals surface area contributed by atoms with Crippen LogP contribution >= 0.6 is 11.8 Å². The Balaban J connectivity index is 2.38. The third-order valence-electron chi connectivity index (χ3n) is 2.75.